The SMILES string of the molecule is O=C(O)C1C(F)CCN1c1cc(-n2ccnc2)c2ccc(Cl)c(Cl)c2n1. The van der Waals surface area contributed by atoms with Crippen LogP contribution in [0.1, 0.15) is 6.42 Å². The van der Waals surface area contributed by atoms with E-state index in [-0.39, 0.29) is 18.0 Å². The van der Waals surface area contributed by atoms with Crippen LogP contribution in [0, 0.1) is 0 Å². The summed E-state index contributed by atoms with van der Waals surface area (Å²) in [7, 11) is 0. The van der Waals surface area contributed by atoms with E-state index >= 15 is 0 Å². The summed E-state index contributed by atoms with van der Waals surface area (Å²) in [6.45, 7) is 0.248. The molecule has 2 unspecified atom stereocenters. The third-order valence-corrected chi connectivity index (χ3v) is 5.29. The van der Waals surface area contributed by atoms with Crippen LogP contribution in [0.3, 0.4) is 0 Å². The number of hydrogen-bond donors (Lipinski definition) is 1. The van der Waals surface area contributed by atoms with Gasteiger partial charge in [-0.15, -0.1) is 0 Å². The van der Waals surface area contributed by atoms with E-state index in [1.165, 1.54) is 4.90 Å². The van der Waals surface area contributed by atoms with Crippen LogP contribution in [0.25, 0.3) is 16.6 Å². The molecular weight excluding hydrogens is 382 g/mol. The molecule has 2 atom stereocenters. The summed E-state index contributed by atoms with van der Waals surface area (Å²) in [6, 6.07) is 3.88. The van der Waals surface area contributed by atoms with Crippen molar-refractivity contribution in [2.75, 3.05) is 11.4 Å². The minimum Gasteiger partial charge on any atom is -0.480 e. The number of imidazole rings is 1. The molecule has 1 N–H and O–H groups in total. The molecule has 0 spiro atoms. The predicted molar refractivity (Wildman–Crippen MR) is 97.2 cm³/mol. The fourth-order valence-corrected chi connectivity index (χ4v) is 3.62. The number of carboxylic acid groups (broad SMARTS) is 1. The number of fused-ring (bicyclic) bond motifs is 1. The number of carbonyl (C=O) groups is 1. The third kappa shape index (κ3) is 2.68. The maximum absolute atomic E-state index is 14.1. The number of anilines is 1. The number of halogens is 3. The Labute approximate surface area is 157 Å². The molecule has 1 saturated heterocycles. The van der Waals surface area contributed by atoms with Gasteiger partial charge in [-0.2, -0.15) is 0 Å². The fraction of sp³-hybridized carbons (Fsp3) is 0.235. The first kappa shape index (κ1) is 17.1. The molecule has 1 aliphatic rings. The zero-order valence-electron chi connectivity index (χ0n) is 13.3. The summed E-state index contributed by atoms with van der Waals surface area (Å²) in [5.74, 6) is -0.892. The van der Waals surface area contributed by atoms with Gasteiger partial charge in [-0.1, -0.05) is 23.2 Å². The highest BCUT2D eigenvalue weighted by Gasteiger charge is 2.40. The number of nitrogens with zero attached hydrogens (tertiary/aromatic N) is 4. The van der Waals surface area contributed by atoms with Crippen molar-refractivity contribution < 1.29 is 14.3 Å². The Morgan fingerprint density at radius 1 is 1.35 bits per heavy atom. The van der Waals surface area contributed by atoms with Gasteiger partial charge in [-0.05, 0) is 18.6 Å². The van der Waals surface area contributed by atoms with Gasteiger partial charge in [0.2, 0.25) is 0 Å². The van der Waals surface area contributed by atoms with Crippen LogP contribution in [-0.2, 0) is 4.79 Å². The second-order valence-electron chi connectivity index (χ2n) is 6.01. The Bertz CT molecular complexity index is 996. The largest absolute Gasteiger partial charge is 0.480 e. The number of benzene rings is 1. The van der Waals surface area contributed by atoms with E-state index in [4.69, 9.17) is 23.2 Å². The van der Waals surface area contributed by atoms with E-state index in [9.17, 15) is 14.3 Å². The van der Waals surface area contributed by atoms with Gasteiger partial charge in [0.1, 0.15) is 12.0 Å². The van der Waals surface area contributed by atoms with Gasteiger partial charge in [0.25, 0.3) is 0 Å². The Morgan fingerprint density at radius 3 is 2.85 bits per heavy atom. The Morgan fingerprint density at radius 2 is 2.15 bits per heavy atom. The molecule has 134 valence electrons. The average molecular weight is 395 g/mol. The quantitative estimate of drug-likeness (QED) is 0.732. The van der Waals surface area contributed by atoms with Crippen LogP contribution in [0.5, 0.6) is 0 Å². The maximum atomic E-state index is 14.1. The van der Waals surface area contributed by atoms with E-state index in [1.807, 2.05) is 0 Å². The molecule has 26 heavy (non-hydrogen) atoms. The summed E-state index contributed by atoms with van der Waals surface area (Å²) in [5, 5.41) is 10.7. The molecule has 1 aliphatic heterocycles. The number of aliphatic carboxylic acids is 1. The van der Waals surface area contributed by atoms with Crippen molar-refractivity contribution in [1.82, 2.24) is 14.5 Å². The lowest BCUT2D eigenvalue weighted by Gasteiger charge is -2.24. The van der Waals surface area contributed by atoms with Crippen LogP contribution in [0.15, 0.2) is 36.9 Å². The molecule has 0 aliphatic carbocycles. The molecule has 0 radical (unpaired) electrons. The summed E-state index contributed by atoms with van der Waals surface area (Å²) >= 11 is 12.5. The minimum absolute atomic E-state index is 0.125. The highest BCUT2D eigenvalue weighted by molar-refractivity contribution is 6.45. The lowest BCUT2D eigenvalue weighted by Crippen LogP contribution is -2.41. The number of hydrogen-bond acceptors (Lipinski definition) is 4. The van der Waals surface area contributed by atoms with E-state index < -0.39 is 18.2 Å². The predicted octanol–water partition coefficient (Wildman–Crippen LogP) is 3.73. The number of rotatable bonds is 3. The van der Waals surface area contributed by atoms with Gasteiger partial charge in [-0.25, -0.2) is 19.2 Å². The zero-order valence-corrected chi connectivity index (χ0v) is 14.8. The molecule has 2 aromatic heterocycles. The van der Waals surface area contributed by atoms with E-state index in [2.05, 4.69) is 9.97 Å². The van der Waals surface area contributed by atoms with E-state index in [0.29, 0.717) is 22.0 Å². The van der Waals surface area contributed by atoms with Crippen LogP contribution >= 0.6 is 23.2 Å². The number of carboxylic acids is 1. The minimum atomic E-state index is -1.46. The maximum Gasteiger partial charge on any atom is 0.329 e. The van der Waals surface area contributed by atoms with Crippen molar-refractivity contribution in [2.45, 2.75) is 18.6 Å². The Balaban J connectivity index is 1.96. The van der Waals surface area contributed by atoms with Crippen LogP contribution < -0.4 is 4.90 Å². The molecule has 0 amide bonds. The van der Waals surface area contributed by atoms with Crippen molar-refractivity contribution in [3.8, 4) is 5.69 Å². The topological polar surface area (TPSA) is 71.2 Å². The summed E-state index contributed by atoms with van der Waals surface area (Å²) in [4.78, 5) is 21.5. The molecule has 3 heterocycles. The normalized spacial score (nSPS) is 20.0. The zero-order chi connectivity index (χ0) is 18.4. The first-order valence-corrected chi connectivity index (χ1v) is 8.63. The van der Waals surface area contributed by atoms with Gasteiger partial charge in [0.05, 0.1) is 27.6 Å². The third-order valence-electron chi connectivity index (χ3n) is 4.49. The van der Waals surface area contributed by atoms with Crippen molar-refractivity contribution in [3.05, 3.63) is 47.0 Å². The van der Waals surface area contributed by atoms with Gasteiger partial charge in [-0.3, -0.25) is 0 Å². The molecule has 9 heteroatoms. The fourth-order valence-electron chi connectivity index (χ4n) is 3.26. The monoisotopic (exact) mass is 394 g/mol. The molecule has 1 fully saturated rings. The van der Waals surface area contributed by atoms with Gasteiger partial charge < -0.3 is 14.6 Å². The molecular formula is C17H13Cl2FN4O2. The highest BCUT2D eigenvalue weighted by atomic mass is 35.5. The number of alkyl halides is 1. The Kier molecular flexibility index (Phi) is 4.20. The van der Waals surface area contributed by atoms with Crippen LogP contribution in [0.4, 0.5) is 10.2 Å². The molecule has 6 nitrogen and oxygen atoms in total. The van der Waals surface area contributed by atoms with E-state index in [1.54, 1.807) is 41.5 Å². The second-order valence-corrected chi connectivity index (χ2v) is 6.79. The summed E-state index contributed by atoms with van der Waals surface area (Å²) in [6.07, 6.45) is 3.64. The highest BCUT2D eigenvalue weighted by Crippen LogP contribution is 2.36. The molecule has 0 saturated carbocycles. The molecule has 3 aromatic rings. The van der Waals surface area contributed by atoms with Crippen molar-refractivity contribution in [1.29, 1.82) is 0 Å². The van der Waals surface area contributed by atoms with Gasteiger partial charge in [0, 0.05) is 30.4 Å². The lowest BCUT2D eigenvalue weighted by atomic mass is 10.1. The van der Waals surface area contributed by atoms with E-state index in [0.717, 1.165) is 5.39 Å². The standard InChI is InChI=1S/C17H13Cl2FN4O2/c18-10-2-1-9-12(23-6-4-21-8-23)7-13(22-15(9)14(10)19)24-5-3-11(20)16(24)17(25)26/h1-2,4,6-8,11,16H,3,5H2,(H,25,26). The molecule has 0 bridgehead atoms. The second kappa shape index (κ2) is 6.41. The lowest BCUT2D eigenvalue weighted by molar-refractivity contribution is -0.139. The average Bonchev–Trinajstić information content (AvgIpc) is 3.27. The first-order valence-electron chi connectivity index (χ1n) is 7.88. The first-order chi connectivity index (χ1) is 12.5. The van der Waals surface area contributed by atoms with Crippen molar-refractivity contribution in [2.24, 2.45) is 0 Å². The van der Waals surface area contributed by atoms with Crippen LogP contribution in [-0.4, -0.2) is 44.4 Å². The summed E-state index contributed by atoms with van der Waals surface area (Å²) in [5.41, 5.74) is 1.12. The van der Waals surface area contributed by atoms with Crippen molar-refractivity contribution in [3.63, 3.8) is 0 Å². The molecule has 1 aromatic carbocycles. The van der Waals surface area contributed by atoms with Crippen molar-refractivity contribution >= 4 is 45.9 Å². The molecule has 4 rings (SSSR count). The summed E-state index contributed by atoms with van der Waals surface area (Å²) < 4.78 is 15.9. The Hall–Kier alpha value is -2.38. The smallest absolute Gasteiger partial charge is 0.329 e. The van der Waals surface area contributed by atoms with Gasteiger partial charge >= 0.3 is 5.97 Å². The number of pyridine rings is 1. The van der Waals surface area contributed by atoms with Gasteiger partial charge in [0.15, 0.2) is 6.04 Å². The number of aromatic nitrogens is 3. The van der Waals surface area contributed by atoms with Crippen LogP contribution in [0.2, 0.25) is 10.0 Å².